The highest BCUT2D eigenvalue weighted by Crippen LogP contribution is 2.39. The van der Waals surface area contributed by atoms with Crippen molar-refractivity contribution in [2.75, 3.05) is 11.4 Å². The van der Waals surface area contributed by atoms with Gasteiger partial charge in [0.25, 0.3) is 0 Å². The van der Waals surface area contributed by atoms with Gasteiger partial charge in [-0.2, -0.15) is 0 Å². The molecule has 1 aromatic carbocycles. The number of rotatable bonds is 1. The first-order chi connectivity index (χ1) is 6.25. The van der Waals surface area contributed by atoms with E-state index in [9.17, 15) is 0 Å². The van der Waals surface area contributed by atoms with Crippen molar-refractivity contribution in [1.82, 2.24) is 0 Å². The Bertz CT molecular complexity index is 306. The number of likely N-dealkylation sites (N-methyl/N-ethyl adjacent to an activating group) is 1. The van der Waals surface area contributed by atoms with Gasteiger partial charge in [-0.25, -0.2) is 0 Å². The fourth-order valence-electron chi connectivity index (χ4n) is 2.34. The third-order valence-electron chi connectivity index (χ3n) is 3.29. The normalized spacial score (nSPS) is 26.2. The van der Waals surface area contributed by atoms with Crippen molar-refractivity contribution in [3.8, 4) is 0 Å². The second-order valence-corrected chi connectivity index (χ2v) is 3.87. The van der Waals surface area contributed by atoms with Gasteiger partial charge >= 0.3 is 0 Å². The molecular formula is C12H17N. The Morgan fingerprint density at radius 2 is 1.92 bits per heavy atom. The zero-order valence-corrected chi connectivity index (χ0v) is 8.62. The molecule has 0 bridgehead atoms. The summed E-state index contributed by atoms with van der Waals surface area (Å²) in [4.78, 5) is 2.49. The van der Waals surface area contributed by atoms with E-state index in [1.807, 2.05) is 0 Å². The molecule has 1 heteroatoms. The van der Waals surface area contributed by atoms with Gasteiger partial charge in [0.15, 0.2) is 0 Å². The van der Waals surface area contributed by atoms with Gasteiger partial charge in [-0.05, 0) is 25.5 Å². The van der Waals surface area contributed by atoms with Crippen molar-refractivity contribution in [2.24, 2.45) is 0 Å². The Morgan fingerprint density at radius 3 is 2.62 bits per heavy atom. The highest BCUT2D eigenvalue weighted by molar-refractivity contribution is 5.61. The van der Waals surface area contributed by atoms with Gasteiger partial charge in [0.2, 0.25) is 0 Å². The maximum absolute atomic E-state index is 2.49. The molecule has 2 rings (SSSR count). The van der Waals surface area contributed by atoms with Gasteiger partial charge in [-0.1, -0.05) is 25.1 Å². The number of hydrogen-bond acceptors (Lipinski definition) is 1. The Morgan fingerprint density at radius 1 is 1.23 bits per heavy atom. The molecule has 0 spiro atoms. The summed E-state index contributed by atoms with van der Waals surface area (Å²) in [6.07, 6.45) is 0. The van der Waals surface area contributed by atoms with E-state index in [2.05, 4.69) is 49.9 Å². The van der Waals surface area contributed by atoms with E-state index >= 15 is 0 Å². The summed E-state index contributed by atoms with van der Waals surface area (Å²) in [6.45, 7) is 7.97. The van der Waals surface area contributed by atoms with Gasteiger partial charge in [0.05, 0.1) is 0 Å². The molecule has 2 atom stereocenters. The third-order valence-corrected chi connectivity index (χ3v) is 3.29. The molecular weight excluding hydrogens is 158 g/mol. The van der Waals surface area contributed by atoms with E-state index in [0.29, 0.717) is 12.0 Å². The van der Waals surface area contributed by atoms with Gasteiger partial charge in [-0.15, -0.1) is 0 Å². The van der Waals surface area contributed by atoms with Crippen molar-refractivity contribution < 1.29 is 0 Å². The Hall–Kier alpha value is -0.980. The topological polar surface area (TPSA) is 3.24 Å². The van der Waals surface area contributed by atoms with Gasteiger partial charge in [0, 0.05) is 24.2 Å². The Balaban J connectivity index is 2.47. The van der Waals surface area contributed by atoms with E-state index in [1.54, 1.807) is 0 Å². The summed E-state index contributed by atoms with van der Waals surface area (Å²) >= 11 is 0. The molecule has 70 valence electrons. The van der Waals surface area contributed by atoms with Crippen LogP contribution in [0.4, 0.5) is 5.69 Å². The lowest BCUT2D eigenvalue weighted by Crippen LogP contribution is -2.30. The molecule has 0 aromatic heterocycles. The maximum Gasteiger partial charge on any atom is 0.0404 e. The van der Waals surface area contributed by atoms with E-state index in [-0.39, 0.29) is 0 Å². The molecule has 1 nitrogen and oxygen atoms in total. The van der Waals surface area contributed by atoms with Gasteiger partial charge in [0.1, 0.15) is 0 Å². The van der Waals surface area contributed by atoms with Gasteiger partial charge in [-0.3, -0.25) is 0 Å². The van der Waals surface area contributed by atoms with Crippen LogP contribution in [0.5, 0.6) is 0 Å². The smallest absolute Gasteiger partial charge is 0.0404 e. The molecule has 0 N–H and O–H groups in total. The number of hydrogen-bond donors (Lipinski definition) is 0. The second-order valence-electron chi connectivity index (χ2n) is 3.87. The average molecular weight is 175 g/mol. The van der Waals surface area contributed by atoms with Crippen LogP contribution in [0.2, 0.25) is 0 Å². The monoisotopic (exact) mass is 175 g/mol. The van der Waals surface area contributed by atoms with Gasteiger partial charge < -0.3 is 4.90 Å². The predicted octanol–water partition coefficient (Wildman–Crippen LogP) is 3.02. The lowest BCUT2D eigenvalue weighted by Gasteiger charge is -2.24. The average Bonchev–Trinajstić information content (AvgIpc) is 2.41. The van der Waals surface area contributed by atoms with E-state index in [4.69, 9.17) is 0 Å². The minimum Gasteiger partial charge on any atom is -0.368 e. The molecule has 2 unspecified atom stereocenters. The summed E-state index contributed by atoms with van der Waals surface area (Å²) in [5, 5.41) is 0. The molecule has 0 saturated heterocycles. The fraction of sp³-hybridized carbons (Fsp3) is 0.500. The molecule has 1 aliphatic rings. The molecule has 0 radical (unpaired) electrons. The SMILES string of the molecule is CCN1c2ccccc2C(C)C1C. The molecule has 0 fully saturated rings. The first-order valence-corrected chi connectivity index (χ1v) is 5.11. The Labute approximate surface area is 80.4 Å². The minimum absolute atomic E-state index is 0.655. The predicted molar refractivity (Wildman–Crippen MR) is 57.3 cm³/mol. The van der Waals surface area contributed by atoms with Crippen LogP contribution in [0.25, 0.3) is 0 Å². The highest BCUT2D eigenvalue weighted by Gasteiger charge is 2.30. The summed E-state index contributed by atoms with van der Waals surface area (Å²) in [7, 11) is 0. The van der Waals surface area contributed by atoms with E-state index in [0.717, 1.165) is 6.54 Å². The van der Waals surface area contributed by atoms with Crippen LogP contribution in [0.15, 0.2) is 24.3 Å². The zero-order valence-electron chi connectivity index (χ0n) is 8.62. The number of anilines is 1. The minimum atomic E-state index is 0.655. The van der Waals surface area contributed by atoms with Crippen molar-refractivity contribution in [3.63, 3.8) is 0 Å². The molecule has 13 heavy (non-hydrogen) atoms. The van der Waals surface area contributed by atoms with Crippen LogP contribution >= 0.6 is 0 Å². The number of fused-ring (bicyclic) bond motifs is 1. The van der Waals surface area contributed by atoms with E-state index in [1.165, 1.54) is 11.3 Å². The second kappa shape index (κ2) is 3.06. The number of nitrogens with zero attached hydrogens (tertiary/aromatic N) is 1. The van der Waals surface area contributed by atoms with Crippen LogP contribution in [-0.2, 0) is 0 Å². The molecule has 1 aliphatic heterocycles. The zero-order chi connectivity index (χ0) is 9.42. The first kappa shape index (κ1) is 8.61. The number of para-hydroxylation sites is 1. The molecule has 1 aromatic rings. The molecule has 0 saturated carbocycles. The summed E-state index contributed by atoms with van der Waals surface area (Å²) in [5.74, 6) is 0.677. The van der Waals surface area contributed by atoms with Crippen LogP contribution in [0.1, 0.15) is 32.3 Å². The summed E-state index contributed by atoms with van der Waals surface area (Å²) in [5.41, 5.74) is 2.95. The van der Waals surface area contributed by atoms with Crippen molar-refractivity contribution in [2.45, 2.75) is 32.7 Å². The van der Waals surface area contributed by atoms with Crippen LogP contribution in [0, 0.1) is 0 Å². The molecule has 0 amide bonds. The fourth-order valence-corrected chi connectivity index (χ4v) is 2.34. The lowest BCUT2D eigenvalue weighted by atomic mass is 9.99. The Kier molecular flexibility index (Phi) is 2.03. The lowest BCUT2D eigenvalue weighted by molar-refractivity contribution is 0.603. The standard InChI is InChI=1S/C12H17N/c1-4-13-10(3)9(2)11-7-5-6-8-12(11)13/h5-10H,4H2,1-3H3. The largest absolute Gasteiger partial charge is 0.368 e. The van der Waals surface area contributed by atoms with Crippen LogP contribution in [-0.4, -0.2) is 12.6 Å². The van der Waals surface area contributed by atoms with Crippen molar-refractivity contribution >= 4 is 5.69 Å². The summed E-state index contributed by atoms with van der Waals surface area (Å²) < 4.78 is 0. The van der Waals surface area contributed by atoms with Crippen LogP contribution in [0.3, 0.4) is 0 Å². The van der Waals surface area contributed by atoms with Crippen molar-refractivity contribution in [3.05, 3.63) is 29.8 Å². The van der Waals surface area contributed by atoms with Crippen molar-refractivity contribution in [1.29, 1.82) is 0 Å². The van der Waals surface area contributed by atoms with Crippen LogP contribution < -0.4 is 4.90 Å². The summed E-state index contributed by atoms with van der Waals surface area (Å²) in [6, 6.07) is 9.42. The highest BCUT2D eigenvalue weighted by atomic mass is 15.2. The number of benzene rings is 1. The quantitative estimate of drug-likeness (QED) is 0.634. The molecule has 0 aliphatic carbocycles. The molecule has 1 heterocycles. The first-order valence-electron chi connectivity index (χ1n) is 5.11. The van der Waals surface area contributed by atoms with E-state index < -0.39 is 0 Å². The third kappa shape index (κ3) is 1.14. The maximum atomic E-state index is 2.49.